The van der Waals surface area contributed by atoms with E-state index in [0.29, 0.717) is 10.6 Å². The summed E-state index contributed by atoms with van der Waals surface area (Å²) >= 11 is 6.32. The van der Waals surface area contributed by atoms with Crippen molar-refractivity contribution in [3.8, 4) is 0 Å². The molecule has 0 unspecified atom stereocenters. The average Bonchev–Trinajstić information content (AvgIpc) is 2.73. The van der Waals surface area contributed by atoms with Crippen LogP contribution in [0.5, 0.6) is 0 Å². The van der Waals surface area contributed by atoms with Gasteiger partial charge in [0.15, 0.2) is 0 Å². The molecular formula is C18H16ClF2N. The fourth-order valence-electron chi connectivity index (χ4n) is 2.76. The Bertz CT molecular complexity index is 725. The molecule has 3 rings (SSSR count). The van der Waals surface area contributed by atoms with Crippen LogP contribution in [0.15, 0.2) is 30.3 Å². The quantitative estimate of drug-likeness (QED) is 0.805. The zero-order valence-corrected chi connectivity index (χ0v) is 12.8. The van der Waals surface area contributed by atoms with Crippen molar-refractivity contribution in [2.24, 2.45) is 0 Å². The van der Waals surface area contributed by atoms with Gasteiger partial charge in [-0.3, -0.25) is 0 Å². The topological polar surface area (TPSA) is 12.0 Å². The van der Waals surface area contributed by atoms with E-state index in [1.165, 1.54) is 23.3 Å². The smallest absolute Gasteiger partial charge is 0.133 e. The molecule has 0 amide bonds. The molecule has 4 heteroatoms. The molecule has 0 aliphatic carbocycles. The molecule has 0 saturated carbocycles. The second-order valence-electron chi connectivity index (χ2n) is 5.35. The van der Waals surface area contributed by atoms with Crippen molar-refractivity contribution in [3.63, 3.8) is 0 Å². The van der Waals surface area contributed by atoms with Crippen molar-refractivity contribution in [3.05, 3.63) is 69.2 Å². The molecule has 2 aromatic carbocycles. The molecule has 0 bridgehead atoms. The van der Waals surface area contributed by atoms with Gasteiger partial charge in [-0.15, -0.1) is 0 Å². The number of hydrogen-bond donors (Lipinski definition) is 1. The molecule has 1 aliphatic rings. The van der Waals surface area contributed by atoms with E-state index in [4.69, 9.17) is 11.6 Å². The van der Waals surface area contributed by atoms with Gasteiger partial charge in [-0.05, 0) is 60.8 Å². The summed E-state index contributed by atoms with van der Waals surface area (Å²) < 4.78 is 26.7. The van der Waals surface area contributed by atoms with E-state index in [0.717, 1.165) is 37.6 Å². The van der Waals surface area contributed by atoms with E-state index in [1.807, 2.05) is 12.1 Å². The maximum atomic E-state index is 13.7. The first kappa shape index (κ1) is 15.2. The Morgan fingerprint density at radius 3 is 2.64 bits per heavy atom. The van der Waals surface area contributed by atoms with Crippen LogP contribution in [0.25, 0.3) is 12.2 Å². The summed E-state index contributed by atoms with van der Waals surface area (Å²) in [5.74, 6) is -1.15. The first-order chi connectivity index (χ1) is 10.6. The first-order valence-corrected chi connectivity index (χ1v) is 7.67. The molecule has 1 aliphatic heterocycles. The molecule has 0 fully saturated rings. The SMILES string of the molecule is Fc1ccc(/C=C\c2c(Cl)ccc3c2CCNCC3)c(F)c1. The van der Waals surface area contributed by atoms with Crippen molar-refractivity contribution >= 4 is 23.8 Å². The van der Waals surface area contributed by atoms with Crippen molar-refractivity contribution in [2.45, 2.75) is 12.8 Å². The summed E-state index contributed by atoms with van der Waals surface area (Å²) in [5, 5.41) is 4.01. The highest BCUT2D eigenvalue weighted by Gasteiger charge is 2.13. The Balaban J connectivity index is 1.99. The number of halogens is 3. The lowest BCUT2D eigenvalue weighted by Crippen LogP contribution is -2.16. The van der Waals surface area contributed by atoms with Crippen LogP contribution < -0.4 is 5.32 Å². The summed E-state index contributed by atoms with van der Waals surface area (Å²) in [6, 6.07) is 7.50. The van der Waals surface area contributed by atoms with Crippen LogP contribution in [-0.2, 0) is 12.8 Å². The molecule has 2 aromatic rings. The third kappa shape index (κ3) is 3.21. The Kier molecular flexibility index (Phi) is 4.55. The van der Waals surface area contributed by atoms with Gasteiger partial charge in [0, 0.05) is 16.7 Å². The lowest BCUT2D eigenvalue weighted by Gasteiger charge is -2.11. The third-order valence-electron chi connectivity index (χ3n) is 3.92. The van der Waals surface area contributed by atoms with Gasteiger partial charge in [0.2, 0.25) is 0 Å². The zero-order chi connectivity index (χ0) is 15.5. The Hall–Kier alpha value is -1.71. The first-order valence-electron chi connectivity index (χ1n) is 7.29. The highest BCUT2D eigenvalue weighted by atomic mass is 35.5. The summed E-state index contributed by atoms with van der Waals surface area (Å²) in [6.07, 6.45) is 5.32. The minimum absolute atomic E-state index is 0.349. The number of fused-ring (bicyclic) bond motifs is 1. The van der Waals surface area contributed by atoms with Crippen LogP contribution in [-0.4, -0.2) is 13.1 Å². The Labute approximate surface area is 133 Å². The maximum Gasteiger partial charge on any atom is 0.133 e. The zero-order valence-electron chi connectivity index (χ0n) is 12.0. The lowest BCUT2D eigenvalue weighted by molar-refractivity contribution is 0.581. The molecule has 114 valence electrons. The van der Waals surface area contributed by atoms with Gasteiger partial charge in [0.05, 0.1) is 0 Å². The average molecular weight is 320 g/mol. The summed E-state index contributed by atoms with van der Waals surface area (Å²) in [6.45, 7) is 1.85. The van der Waals surface area contributed by atoms with E-state index in [-0.39, 0.29) is 0 Å². The van der Waals surface area contributed by atoms with Crippen molar-refractivity contribution in [1.29, 1.82) is 0 Å². The molecule has 0 radical (unpaired) electrons. The fourth-order valence-corrected chi connectivity index (χ4v) is 3.00. The highest BCUT2D eigenvalue weighted by molar-refractivity contribution is 6.32. The van der Waals surface area contributed by atoms with Crippen LogP contribution in [0.3, 0.4) is 0 Å². The predicted octanol–water partition coefficient (Wildman–Crippen LogP) is 4.48. The minimum Gasteiger partial charge on any atom is -0.316 e. The molecule has 0 spiro atoms. The van der Waals surface area contributed by atoms with E-state index >= 15 is 0 Å². The van der Waals surface area contributed by atoms with Crippen molar-refractivity contribution in [1.82, 2.24) is 5.32 Å². The highest BCUT2D eigenvalue weighted by Crippen LogP contribution is 2.28. The Morgan fingerprint density at radius 2 is 1.82 bits per heavy atom. The molecule has 1 nitrogen and oxygen atoms in total. The van der Waals surface area contributed by atoms with E-state index in [1.54, 1.807) is 6.08 Å². The van der Waals surface area contributed by atoms with Gasteiger partial charge in [0.1, 0.15) is 11.6 Å². The monoisotopic (exact) mass is 319 g/mol. The third-order valence-corrected chi connectivity index (χ3v) is 4.25. The van der Waals surface area contributed by atoms with Gasteiger partial charge in [-0.25, -0.2) is 8.78 Å². The van der Waals surface area contributed by atoms with Gasteiger partial charge in [-0.1, -0.05) is 29.8 Å². The van der Waals surface area contributed by atoms with Crippen molar-refractivity contribution < 1.29 is 8.78 Å². The second-order valence-corrected chi connectivity index (χ2v) is 5.76. The Morgan fingerprint density at radius 1 is 1.00 bits per heavy atom. The van der Waals surface area contributed by atoms with Crippen LogP contribution in [0.4, 0.5) is 8.78 Å². The van der Waals surface area contributed by atoms with Gasteiger partial charge in [0.25, 0.3) is 0 Å². The summed E-state index contributed by atoms with van der Waals surface area (Å²) in [4.78, 5) is 0. The van der Waals surface area contributed by atoms with E-state index in [9.17, 15) is 8.78 Å². The lowest BCUT2D eigenvalue weighted by atomic mass is 9.96. The number of nitrogens with one attached hydrogen (secondary N) is 1. The minimum atomic E-state index is -0.577. The normalized spacial score (nSPS) is 14.9. The molecule has 0 saturated heterocycles. The maximum absolute atomic E-state index is 13.7. The number of rotatable bonds is 2. The van der Waals surface area contributed by atoms with Crippen LogP contribution in [0, 0.1) is 11.6 Å². The summed E-state index contributed by atoms with van der Waals surface area (Å²) in [7, 11) is 0. The van der Waals surface area contributed by atoms with Crippen LogP contribution in [0.1, 0.15) is 22.3 Å². The van der Waals surface area contributed by atoms with E-state index in [2.05, 4.69) is 11.4 Å². The number of benzene rings is 2. The molecule has 0 aromatic heterocycles. The molecule has 1 heterocycles. The van der Waals surface area contributed by atoms with Gasteiger partial charge < -0.3 is 5.32 Å². The largest absolute Gasteiger partial charge is 0.316 e. The van der Waals surface area contributed by atoms with Gasteiger partial charge >= 0.3 is 0 Å². The van der Waals surface area contributed by atoms with Gasteiger partial charge in [-0.2, -0.15) is 0 Å². The molecule has 0 atom stereocenters. The number of hydrogen-bond acceptors (Lipinski definition) is 1. The standard InChI is InChI=1S/C18H16ClF2N/c19-17-6-3-12-7-9-22-10-8-15(12)16(17)5-2-13-1-4-14(20)11-18(13)21/h1-6,11,22H,7-10H2/b5-2-. The predicted molar refractivity (Wildman–Crippen MR) is 87.0 cm³/mol. The second kappa shape index (κ2) is 6.59. The summed E-state index contributed by atoms with van der Waals surface area (Å²) in [5.41, 5.74) is 3.75. The molecule has 22 heavy (non-hydrogen) atoms. The van der Waals surface area contributed by atoms with E-state index < -0.39 is 11.6 Å². The molecule has 1 N–H and O–H groups in total. The fraction of sp³-hybridized carbons (Fsp3) is 0.222. The molecular weight excluding hydrogens is 304 g/mol. The van der Waals surface area contributed by atoms with Crippen LogP contribution in [0.2, 0.25) is 5.02 Å². The van der Waals surface area contributed by atoms with Crippen molar-refractivity contribution in [2.75, 3.05) is 13.1 Å². The van der Waals surface area contributed by atoms with Crippen LogP contribution >= 0.6 is 11.6 Å².